The molecule has 8 nitrogen and oxygen atoms in total. The molecular weight excluding hydrogens is 204 g/mol. The predicted octanol–water partition coefficient (Wildman–Crippen LogP) is -2.55. The molecule has 0 atom stereocenters. The quantitative estimate of drug-likeness (QED) is 0.334. The van der Waals surface area contributed by atoms with Crippen LogP contribution < -0.4 is 21.7 Å². The summed E-state index contributed by atoms with van der Waals surface area (Å²) in [6, 6.07) is 0. The summed E-state index contributed by atoms with van der Waals surface area (Å²) in [7, 11) is 0. The monoisotopic (exact) mass is 218 g/mol. The third kappa shape index (κ3) is 8.50. The van der Waals surface area contributed by atoms with Crippen LogP contribution in [0.15, 0.2) is 0 Å². The summed E-state index contributed by atoms with van der Waals surface area (Å²) in [5.74, 6) is -0.940. The highest BCUT2D eigenvalue weighted by atomic mass is 16.4. The van der Waals surface area contributed by atoms with Crippen LogP contribution in [0.25, 0.3) is 0 Å². The van der Waals surface area contributed by atoms with E-state index in [1.54, 1.807) is 0 Å². The van der Waals surface area contributed by atoms with Crippen molar-refractivity contribution in [3.05, 3.63) is 0 Å². The number of nitrogens with two attached hydrogens (primary N) is 1. The van der Waals surface area contributed by atoms with Gasteiger partial charge in [-0.1, -0.05) is 0 Å². The minimum absolute atomic E-state index is 0.194. The second-order valence-electron chi connectivity index (χ2n) is 2.57. The zero-order chi connectivity index (χ0) is 11.7. The molecule has 0 spiro atoms. The molecule has 0 aliphatic carbocycles. The van der Waals surface area contributed by atoms with Crippen LogP contribution in [-0.4, -0.2) is 49.2 Å². The lowest BCUT2D eigenvalue weighted by atomic mass is 10.5. The van der Waals surface area contributed by atoms with Gasteiger partial charge < -0.3 is 26.8 Å². The van der Waals surface area contributed by atoms with Crippen LogP contribution >= 0.6 is 0 Å². The molecule has 0 aliphatic heterocycles. The van der Waals surface area contributed by atoms with Crippen molar-refractivity contribution in [1.82, 2.24) is 16.0 Å². The van der Waals surface area contributed by atoms with Gasteiger partial charge in [0, 0.05) is 13.1 Å². The number of nitrogens with one attached hydrogen (secondary N) is 3. The van der Waals surface area contributed by atoms with Crippen LogP contribution in [0.3, 0.4) is 0 Å². The number of carboxylic acid groups (broad SMARTS) is 1. The largest absolute Gasteiger partial charge is 0.465 e. The van der Waals surface area contributed by atoms with Gasteiger partial charge in [0.2, 0.25) is 11.8 Å². The molecule has 0 saturated heterocycles. The van der Waals surface area contributed by atoms with Crippen LogP contribution in [0, 0.1) is 0 Å². The minimum Gasteiger partial charge on any atom is -0.465 e. The molecule has 3 amide bonds. The number of rotatable bonds is 6. The van der Waals surface area contributed by atoms with E-state index in [0.29, 0.717) is 13.1 Å². The fourth-order valence-electron chi connectivity index (χ4n) is 0.671. The van der Waals surface area contributed by atoms with Crippen molar-refractivity contribution in [3.63, 3.8) is 0 Å². The van der Waals surface area contributed by atoms with Crippen molar-refractivity contribution >= 4 is 17.9 Å². The maximum atomic E-state index is 10.9. The van der Waals surface area contributed by atoms with Crippen LogP contribution in [-0.2, 0) is 9.59 Å². The molecule has 0 aromatic rings. The fourth-order valence-corrected chi connectivity index (χ4v) is 0.671. The zero-order valence-electron chi connectivity index (χ0n) is 8.08. The molecule has 0 unspecified atom stereocenters. The fraction of sp³-hybridized carbons (Fsp3) is 0.571. The molecule has 15 heavy (non-hydrogen) atoms. The van der Waals surface area contributed by atoms with Crippen LogP contribution in [0.4, 0.5) is 4.79 Å². The minimum atomic E-state index is -1.29. The van der Waals surface area contributed by atoms with Crippen molar-refractivity contribution in [2.45, 2.75) is 0 Å². The van der Waals surface area contributed by atoms with Gasteiger partial charge in [-0.05, 0) is 0 Å². The molecular formula is C7H14N4O4. The first-order valence-electron chi connectivity index (χ1n) is 4.26. The first-order chi connectivity index (χ1) is 7.06. The third-order valence-electron chi connectivity index (χ3n) is 1.31. The molecule has 86 valence electrons. The summed E-state index contributed by atoms with van der Waals surface area (Å²) in [6.07, 6.45) is -1.29. The van der Waals surface area contributed by atoms with E-state index in [9.17, 15) is 14.4 Å². The van der Waals surface area contributed by atoms with Gasteiger partial charge in [-0.2, -0.15) is 0 Å². The normalized spacial score (nSPS) is 9.13. The van der Waals surface area contributed by atoms with Gasteiger partial charge in [-0.3, -0.25) is 9.59 Å². The zero-order valence-corrected chi connectivity index (χ0v) is 8.08. The van der Waals surface area contributed by atoms with Gasteiger partial charge >= 0.3 is 6.09 Å². The molecule has 6 N–H and O–H groups in total. The molecule has 0 aromatic carbocycles. The SMILES string of the molecule is NCCNC(=O)CNC(=O)CNC(=O)O. The number of carbonyl (C=O) groups excluding carboxylic acids is 2. The van der Waals surface area contributed by atoms with E-state index < -0.39 is 12.0 Å². The lowest BCUT2D eigenvalue weighted by Gasteiger charge is -2.05. The molecule has 8 heteroatoms. The summed E-state index contributed by atoms with van der Waals surface area (Å²) in [5.41, 5.74) is 5.14. The van der Waals surface area contributed by atoms with Gasteiger partial charge in [-0.15, -0.1) is 0 Å². The van der Waals surface area contributed by atoms with E-state index in [1.807, 2.05) is 5.32 Å². The van der Waals surface area contributed by atoms with E-state index in [4.69, 9.17) is 10.8 Å². The summed E-state index contributed by atoms with van der Waals surface area (Å²) in [6.45, 7) is 0.0853. The second kappa shape index (κ2) is 7.56. The first-order valence-corrected chi connectivity index (χ1v) is 4.26. The highest BCUT2D eigenvalue weighted by Crippen LogP contribution is 1.68. The lowest BCUT2D eigenvalue weighted by molar-refractivity contribution is -0.125. The standard InChI is InChI=1S/C7H14N4O4/c8-1-2-9-5(12)3-10-6(13)4-11-7(14)15/h11H,1-4,8H2,(H,9,12)(H,10,13)(H,14,15). The van der Waals surface area contributed by atoms with E-state index in [-0.39, 0.29) is 19.0 Å². The third-order valence-corrected chi connectivity index (χ3v) is 1.31. The van der Waals surface area contributed by atoms with Crippen molar-refractivity contribution < 1.29 is 19.5 Å². The lowest BCUT2D eigenvalue weighted by Crippen LogP contribution is -2.42. The summed E-state index contributed by atoms with van der Waals surface area (Å²) in [4.78, 5) is 31.8. The number of hydrogen-bond donors (Lipinski definition) is 5. The Hall–Kier alpha value is -1.83. The Morgan fingerprint density at radius 2 is 1.53 bits per heavy atom. The Labute approximate surface area is 86.2 Å². The first kappa shape index (κ1) is 13.2. The van der Waals surface area contributed by atoms with Crippen LogP contribution in [0.2, 0.25) is 0 Å². The van der Waals surface area contributed by atoms with Gasteiger partial charge in [0.25, 0.3) is 0 Å². The Morgan fingerprint density at radius 3 is 2.07 bits per heavy atom. The topological polar surface area (TPSA) is 134 Å². The molecule has 0 bridgehead atoms. The summed E-state index contributed by atoms with van der Waals surface area (Å²) >= 11 is 0. The molecule has 0 fully saturated rings. The Bertz CT molecular complexity index is 243. The van der Waals surface area contributed by atoms with E-state index in [0.717, 1.165) is 0 Å². The van der Waals surface area contributed by atoms with E-state index >= 15 is 0 Å². The number of amides is 3. The number of hydrogen-bond acceptors (Lipinski definition) is 4. The summed E-state index contributed by atoms with van der Waals surface area (Å²) in [5, 5.41) is 14.7. The smallest absolute Gasteiger partial charge is 0.405 e. The molecule has 0 radical (unpaired) electrons. The van der Waals surface area contributed by atoms with Crippen LogP contribution in [0.1, 0.15) is 0 Å². The van der Waals surface area contributed by atoms with Crippen molar-refractivity contribution in [2.75, 3.05) is 26.2 Å². The van der Waals surface area contributed by atoms with Gasteiger partial charge in [0.1, 0.15) is 0 Å². The van der Waals surface area contributed by atoms with Gasteiger partial charge in [0.05, 0.1) is 13.1 Å². The maximum absolute atomic E-state index is 10.9. The van der Waals surface area contributed by atoms with Crippen molar-refractivity contribution in [2.24, 2.45) is 5.73 Å². The summed E-state index contributed by atoms with van der Waals surface area (Å²) < 4.78 is 0. The number of carbonyl (C=O) groups is 3. The van der Waals surface area contributed by atoms with Gasteiger partial charge in [-0.25, -0.2) is 4.79 Å². The molecule has 0 saturated carbocycles. The maximum Gasteiger partial charge on any atom is 0.405 e. The molecule has 0 aromatic heterocycles. The molecule has 0 heterocycles. The van der Waals surface area contributed by atoms with Crippen molar-refractivity contribution in [3.8, 4) is 0 Å². The Balaban J connectivity index is 3.53. The van der Waals surface area contributed by atoms with E-state index in [1.165, 1.54) is 0 Å². The Kier molecular flexibility index (Phi) is 6.64. The highest BCUT2D eigenvalue weighted by Gasteiger charge is 2.05. The average Bonchev–Trinajstić information content (AvgIpc) is 2.20. The highest BCUT2D eigenvalue weighted by molar-refractivity contribution is 5.86. The van der Waals surface area contributed by atoms with Crippen LogP contribution in [0.5, 0.6) is 0 Å². The molecule has 0 aliphatic rings. The van der Waals surface area contributed by atoms with Gasteiger partial charge in [0.15, 0.2) is 0 Å². The molecule has 0 rings (SSSR count). The predicted molar refractivity (Wildman–Crippen MR) is 51.1 cm³/mol. The van der Waals surface area contributed by atoms with E-state index in [2.05, 4.69) is 10.6 Å². The Morgan fingerprint density at radius 1 is 1.00 bits per heavy atom. The average molecular weight is 218 g/mol. The second-order valence-corrected chi connectivity index (χ2v) is 2.57. The van der Waals surface area contributed by atoms with Crippen molar-refractivity contribution in [1.29, 1.82) is 0 Å².